The van der Waals surface area contributed by atoms with Crippen molar-refractivity contribution in [3.63, 3.8) is 0 Å². The Hall–Kier alpha value is -1.08. The van der Waals surface area contributed by atoms with Crippen molar-refractivity contribution in [2.45, 2.75) is 25.7 Å². The Morgan fingerprint density at radius 3 is 1.80 bits per heavy atom. The van der Waals surface area contributed by atoms with Crippen molar-refractivity contribution in [3.8, 4) is 0 Å². The van der Waals surface area contributed by atoms with E-state index in [2.05, 4.69) is 41.8 Å². The van der Waals surface area contributed by atoms with E-state index in [0.29, 0.717) is 0 Å². The maximum atomic E-state index is 3.50. The molecule has 0 amide bonds. The summed E-state index contributed by atoms with van der Waals surface area (Å²) in [4.78, 5) is 0. The molecule has 0 bridgehead atoms. The summed E-state index contributed by atoms with van der Waals surface area (Å²) in [5.74, 6) is 0. The van der Waals surface area contributed by atoms with Crippen molar-refractivity contribution in [1.29, 1.82) is 0 Å². The van der Waals surface area contributed by atoms with E-state index in [9.17, 15) is 0 Å². The zero-order valence-corrected chi connectivity index (χ0v) is 9.21. The summed E-state index contributed by atoms with van der Waals surface area (Å²) in [5, 5.41) is 3.50. The Labute approximate surface area is 92.3 Å². The fourth-order valence-electron chi connectivity index (χ4n) is 1.98. The summed E-state index contributed by atoms with van der Waals surface area (Å²) in [7, 11) is 0. The molecule has 2 aliphatic rings. The van der Waals surface area contributed by atoms with Crippen molar-refractivity contribution in [2.24, 2.45) is 0 Å². The summed E-state index contributed by atoms with van der Waals surface area (Å²) in [5.41, 5.74) is 3.12. The summed E-state index contributed by atoms with van der Waals surface area (Å²) in [6.45, 7) is 2.24. The van der Waals surface area contributed by atoms with E-state index in [4.69, 9.17) is 0 Å². The Bertz CT molecular complexity index is 286. The van der Waals surface area contributed by atoms with E-state index >= 15 is 0 Å². The van der Waals surface area contributed by atoms with E-state index in [0.717, 1.165) is 25.9 Å². The molecule has 1 heteroatoms. The lowest BCUT2D eigenvalue weighted by atomic mass is 10.1. The second kappa shape index (κ2) is 5.72. The fourth-order valence-corrected chi connectivity index (χ4v) is 1.98. The number of hydrogen-bond acceptors (Lipinski definition) is 1. The minimum Gasteiger partial charge on any atom is -0.316 e. The van der Waals surface area contributed by atoms with Crippen LogP contribution < -0.4 is 5.32 Å². The third kappa shape index (κ3) is 3.52. The monoisotopic (exact) mass is 201 g/mol. The van der Waals surface area contributed by atoms with Crippen molar-refractivity contribution >= 4 is 0 Å². The Balaban J connectivity index is 1.48. The van der Waals surface area contributed by atoms with Gasteiger partial charge in [0.05, 0.1) is 0 Å². The van der Waals surface area contributed by atoms with Gasteiger partial charge in [0.1, 0.15) is 0 Å². The average molecular weight is 201 g/mol. The van der Waals surface area contributed by atoms with Gasteiger partial charge in [0.2, 0.25) is 0 Å². The summed E-state index contributed by atoms with van der Waals surface area (Å²) >= 11 is 0. The molecule has 0 saturated carbocycles. The van der Waals surface area contributed by atoms with Crippen LogP contribution in [0.3, 0.4) is 0 Å². The van der Waals surface area contributed by atoms with Gasteiger partial charge in [-0.1, -0.05) is 47.6 Å². The fraction of sp³-hybridized carbons (Fsp3) is 0.429. The molecular weight excluding hydrogens is 182 g/mol. The van der Waals surface area contributed by atoms with Crippen LogP contribution in [0.5, 0.6) is 0 Å². The highest BCUT2D eigenvalue weighted by Crippen LogP contribution is 2.14. The van der Waals surface area contributed by atoms with Gasteiger partial charge in [0.15, 0.2) is 0 Å². The van der Waals surface area contributed by atoms with Gasteiger partial charge in [-0.15, -0.1) is 0 Å². The van der Waals surface area contributed by atoms with Gasteiger partial charge in [-0.25, -0.2) is 0 Å². The third-order valence-electron chi connectivity index (χ3n) is 2.94. The van der Waals surface area contributed by atoms with Crippen molar-refractivity contribution in [2.75, 3.05) is 13.1 Å². The quantitative estimate of drug-likeness (QED) is 0.651. The molecule has 0 aromatic heterocycles. The predicted molar refractivity (Wildman–Crippen MR) is 65.8 cm³/mol. The van der Waals surface area contributed by atoms with Gasteiger partial charge < -0.3 is 5.32 Å². The molecule has 0 aromatic carbocycles. The molecule has 0 atom stereocenters. The Morgan fingerprint density at radius 1 is 0.867 bits per heavy atom. The van der Waals surface area contributed by atoms with Crippen LogP contribution >= 0.6 is 0 Å². The first-order chi connectivity index (χ1) is 7.45. The van der Waals surface area contributed by atoms with Gasteiger partial charge in [0.25, 0.3) is 0 Å². The molecule has 0 aromatic rings. The molecule has 1 N–H and O–H groups in total. The normalized spacial score (nSPS) is 18.4. The maximum Gasteiger partial charge on any atom is -0.00112 e. The predicted octanol–water partition coefficient (Wildman–Crippen LogP) is 3.13. The molecule has 2 rings (SSSR count). The number of allylic oxidation sites excluding steroid dienone is 6. The van der Waals surface area contributed by atoms with E-state index in [-0.39, 0.29) is 0 Å². The molecule has 0 fully saturated rings. The highest BCUT2D eigenvalue weighted by atomic mass is 14.8. The summed E-state index contributed by atoms with van der Waals surface area (Å²) < 4.78 is 0. The van der Waals surface area contributed by atoms with Gasteiger partial charge >= 0.3 is 0 Å². The molecule has 0 saturated heterocycles. The first-order valence-corrected chi connectivity index (χ1v) is 5.85. The lowest BCUT2D eigenvalue weighted by molar-refractivity contribution is 0.671. The summed E-state index contributed by atoms with van der Waals surface area (Å²) in [6.07, 6.45) is 18.0. The third-order valence-corrected chi connectivity index (χ3v) is 2.94. The minimum absolute atomic E-state index is 1.12. The first kappa shape index (κ1) is 10.4. The SMILES string of the molecule is C1=CCC(CCNCCC2=CC=CC2)=C1. The minimum atomic E-state index is 1.12. The van der Waals surface area contributed by atoms with E-state index in [1.165, 1.54) is 12.8 Å². The molecule has 0 radical (unpaired) electrons. The second-order valence-corrected chi connectivity index (χ2v) is 4.16. The van der Waals surface area contributed by atoms with E-state index in [1.807, 2.05) is 0 Å². The lowest BCUT2D eigenvalue weighted by Gasteiger charge is -2.05. The largest absolute Gasteiger partial charge is 0.316 e. The molecular formula is C14H19N. The first-order valence-electron chi connectivity index (χ1n) is 5.85. The summed E-state index contributed by atoms with van der Waals surface area (Å²) in [6, 6.07) is 0. The van der Waals surface area contributed by atoms with Crippen LogP contribution in [0.15, 0.2) is 47.6 Å². The molecule has 0 heterocycles. The smallest absolute Gasteiger partial charge is 0.00112 e. The highest BCUT2D eigenvalue weighted by molar-refractivity contribution is 5.23. The van der Waals surface area contributed by atoms with Crippen molar-refractivity contribution in [3.05, 3.63) is 47.6 Å². The van der Waals surface area contributed by atoms with Crippen LogP contribution in [-0.4, -0.2) is 13.1 Å². The lowest BCUT2D eigenvalue weighted by Crippen LogP contribution is -2.17. The second-order valence-electron chi connectivity index (χ2n) is 4.16. The Morgan fingerprint density at radius 2 is 1.40 bits per heavy atom. The molecule has 0 unspecified atom stereocenters. The maximum absolute atomic E-state index is 3.50. The van der Waals surface area contributed by atoms with Gasteiger partial charge in [-0.2, -0.15) is 0 Å². The zero-order valence-electron chi connectivity index (χ0n) is 9.21. The molecule has 15 heavy (non-hydrogen) atoms. The van der Waals surface area contributed by atoms with Crippen LogP contribution in [0.25, 0.3) is 0 Å². The topological polar surface area (TPSA) is 12.0 Å². The standard InChI is InChI=1S/C14H19N/c1-2-6-13(5-1)9-11-15-12-10-14-7-3-4-8-14/h1-5,7,15H,6,8-12H2. The molecule has 80 valence electrons. The van der Waals surface area contributed by atoms with Crippen LogP contribution in [-0.2, 0) is 0 Å². The number of hydrogen-bond donors (Lipinski definition) is 1. The van der Waals surface area contributed by atoms with Gasteiger partial charge in [-0.3, -0.25) is 0 Å². The van der Waals surface area contributed by atoms with Gasteiger partial charge in [0, 0.05) is 0 Å². The van der Waals surface area contributed by atoms with E-state index < -0.39 is 0 Å². The van der Waals surface area contributed by atoms with Crippen molar-refractivity contribution < 1.29 is 0 Å². The van der Waals surface area contributed by atoms with Crippen LogP contribution in [0.2, 0.25) is 0 Å². The molecule has 0 spiro atoms. The molecule has 0 aliphatic heterocycles. The number of rotatable bonds is 6. The molecule has 1 nitrogen and oxygen atoms in total. The average Bonchev–Trinajstić information content (AvgIpc) is 2.88. The zero-order chi connectivity index (χ0) is 10.3. The van der Waals surface area contributed by atoms with E-state index in [1.54, 1.807) is 11.1 Å². The highest BCUT2D eigenvalue weighted by Gasteiger charge is 2.00. The van der Waals surface area contributed by atoms with Crippen LogP contribution in [0, 0.1) is 0 Å². The Kier molecular flexibility index (Phi) is 3.98. The van der Waals surface area contributed by atoms with Crippen LogP contribution in [0.4, 0.5) is 0 Å². The van der Waals surface area contributed by atoms with Crippen LogP contribution in [0.1, 0.15) is 25.7 Å². The number of nitrogens with one attached hydrogen (secondary N) is 1. The van der Waals surface area contributed by atoms with Crippen molar-refractivity contribution in [1.82, 2.24) is 5.32 Å². The van der Waals surface area contributed by atoms with Gasteiger partial charge in [-0.05, 0) is 38.8 Å². The molecule has 2 aliphatic carbocycles.